The lowest BCUT2D eigenvalue weighted by Gasteiger charge is -2.19. The van der Waals surface area contributed by atoms with Crippen molar-refractivity contribution in [2.75, 3.05) is 0 Å². The van der Waals surface area contributed by atoms with Gasteiger partial charge >= 0.3 is 12.4 Å². The minimum atomic E-state index is -5.07. The Morgan fingerprint density at radius 1 is 0.397 bits per heavy atom. The van der Waals surface area contributed by atoms with E-state index >= 15 is 0 Å². The Balaban J connectivity index is 1.27. The smallest absolute Gasteiger partial charge is 0.307 e. The van der Waals surface area contributed by atoms with Gasteiger partial charge in [0.2, 0.25) is 0 Å². The van der Waals surface area contributed by atoms with Crippen molar-refractivity contribution in [3.05, 3.63) is 163 Å². The lowest BCUT2D eigenvalue weighted by molar-refractivity contribution is -0.143. The van der Waals surface area contributed by atoms with Gasteiger partial charge < -0.3 is 4.57 Å². The zero-order valence-electron chi connectivity index (χ0n) is 29.8. The Labute approximate surface area is 324 Å². The number of hydrogen-bond donors (Lipinski definition) is 0. The lowest BCUT2D eigenvalue weighted by atomic mass is 9.98. The van der Waals surface area contributed by atoms with Crippen molar-refractivity contribution < 1.29 is 26.3 Å². The van der Waals surface area contributed by atoms with E-state index in [1.807, 2.05) is 94.1 Å². The second-order valence-electron chi connectivity index (χ2n) is 13.7. The molecule has 0 amide bonds. The maximum absolute atomic E-state index is 14.4. The van der Waals surface area contributed by atoms with Gasteiger partial charge in [0, 0.05) is 63.0 Å². The maximum atomic E-state index is 14.4. The van der Waals surface area contributed by atoms with Crippen molar-refractivity contribution >= 4 is 43.6 Å². The molecule has 282 valence electrons. The summed E-state index contributed by atoms with van der Waals surface area (Å²) in [6, 6.07) is 32.9. The van der Waals surface area contributed by atoms with Gasteiger partial charge in [0.15, 0.2) is 11.6 Å². The first-order valence-corrected chi connectivity index (χ1v) is 17.9. The summed E-state index contributed by atoms with van der Waals surface area (Å²) in [5, 5.41) is 3.25. The molecule has 10 aromatic rings. The van der Waals surface area contributed by atoms with Gasteiger partial charge in [-0.2, -0.15) is 26.3 Å². The highest BCUT2D eigenvalue weighted by atomic mass is 19.4. The van der Waals surface area contributed by atoms with Crippen LogP contribution in [0.25, 0.3) is 89.0 Å². The summed E-state index contributed by atoms with van der Waals surface area (Å²) >= 11 is 0. The number of para-hydroxylation sites is 2. The number of nitrogens with zero attached hydrogens (tertiary/aromatic N) is 7. The third-order valence-corrected chi connectivity index (χ3v) is 10.2. The summed E-state index contributed by atoms with van der Waals surface area (Å²) in [4.78, 5) is 22.5. The number of alkyl halides is 6. The Morgan fingerprint density at radius 2 is 0.862 bits per heavy atom. The van der Waals surface area contributed by atoms with Crippen LogP contribution in [0.1, 0.15) is 11.1 Å². The summed E-state index contributed by atoms with van der Waals surface area (Å²) in [6.45, 7) is 0. The Bertz CT molecular complexity index is 3180. The van der Waals surface area contributed by atoms with E-state index in [4.69, 9.17) is 4.98 Å². The largest absolute Gasteiger partial charge is 0.416 e. The molecule has 0 aliphatic heterocycles. The van der Waals surface area contributed by atoms with Crippen LogP contribution < -0.4 is 0 Å². The van der Waals surface area contributed by atoms with Crippen molar-refractivity contribution in [1.82, 2.24) is 34.1 Å². The third kappa shape index (κ3) is 5.81. The second-order valence-corrected chi connectivity index (χ2v) is 13.7. The van der Waals surface area contributed by atoms with Crippen LogP contribution in [0, 0.1) is 0 Å². The summed E-state index contributed by atoms with van der Waals surface area (Å²) in [5.41, 5.74) is 1.46. The summed E-state index contributed by atoms with van der Waals surface area (Å²) in [5.74, 6) is 1.29. The first-order valence-electron chi connectivity index (χ1n) is 17.9. The van der Waals surface area contributed by atoms with Gasteiger partial charge in [0.1, 0.15) is 5.82 Å². The minimum Gasteiger partial charge on any atom is -0.307 e. The molecule has 13 heteroatoms. The van der Waals surface area contributed by atoms with E-state index in [9.17, 15) is 26.3 Å². The van der Waals surface area contributed by atoms with Gasteiger partial charge in [-0.3, -0.25) is 4.57 Å². The van der Waals surface area contributed by atoms with Gasteiger partial charge in [0.25, 0.3) is 0 Å². The fraction of sp³-hybridized carbons (Fsp3) is 0.0444. The highest BCUT2D eigenvalue weighted by Gasteiger charge is 2.37. The number of aromatic nitrogens is 7. The number of pyridine rings is 1. The second kappa shape index (κ2) is 13.1. The van der Waals surface area contributed by atoms with Crippen LogP contribution in [-0.4, -0.2) is 34.1 Å². The molecule has 0 spiro atoms. The van der Waals surface area contributed by atoms with Crippen LogP contribution in [0.15, 0.2) is 152 Å². The zero-order valence-corrected chi connectivity index (χ0v) is 29.8. The monoisotopic (exact) mass is 777 g/mol. The van der Waals surface area contributed by atoms with E-state index in [2.05, 4.69) is 19.9 Å². The van der Waals surface area contributed by atoms with Gasteiger partial charge in [-0.15, -0.1) is 0 Å². The Hall–Kier alpha value is -7.41. The molecular formula is C45H25F6N7. The van der Waals surface area contributed by atoms with E-state index in [1.165, 1.54) is 6.20 Å². The highest BCUT2D eigenvalue weighted by molar-refractivity contribution is 6.12. The molecule has 0 aliphatic rings. The van der Waals surface area contributed by atoms with Crippen LogP contribution in [0.4, 0.5) is 26.3 Å². The molecule has 5 heterocycles. The molecular weight excluding hydrogens is 753 g/mol. The molecule has 0 fully saturated rings. The SMILES string of the molecule is FC(F)(F)c1cc(-c2cc(-n3c4ccccc4c4cc(-c5ncccn5)ccc43)ncc2-n2c3ccccc3c3cc(-c4ncccn4)ccc32)cc(C(F)(F)F)c1. The number of fused-ring (bicyclic) bond motifs is 6. The third-order valence-electron chi connectivity index (χ3n) is 10.2. The zero-order chi connectivity index (χ0) is 39.8. The first kappa shape index (κ1) is 35.0. The fourth-order valence-electron chi connectivity index (χ4n) is 7.71. The number of hydrogen-bond acceptors (Lipinski definition) is 5. The van der Waals surface area contributed by atoms with Crippen LogP contribution in [0.3, 0.4) is 0 Å². The topological polar surface area (TPSA) is 74.3 Å². The molecule has 0 unspecified atom stereocenters. The number of benzene rings is 5. The van der Waals surface area contributed by atoms with Crippen LogP contribution in [0.5, 0.6) is 0 Å². The van der Waals surface area contributed by atoms with E-state index in [1.54, 1.807) is 43.0 Å². The standard InChI is InChI=1S/C45H25F6N7/c46-44(47,48)29-19-28(20-30(23-29)45(49,50)51)33-24-41(58-37-10-4-2-8-32(37)35-22-27(12-14-39(35)58)43-54-17-6-18-55-43)56-25-40(33)57-36-9-3-1-7-31(36)34-21-26(11-13-38(34)57)42-52-15-5-16-53-42/h1-25H. The predicted molar refractivity (Wildman–Crippen MR) is 210 cm³/mol. The van der Waals surface area contributed by atoms with Crippen LogP contribution in [0.2, 0.25) is 0 Å². The molecule has 5 aromatic heterocycles. The Morgan fingerprint density at radius 3 is 1.38 bits per heavy atom. The number of halogens is 6. The summed E-state index contributed by atoms with van der Waals surface area (Å²) in [6.07, 6.45) is -2.07. The molecule has 0 aliphatic carbocycles. The predicted octanol–water partition coefficient (Wildman–Crippen LogP) is 11.9. The first-order chi connectivity index (χ1) is 28.0. The molecule has 10 rings (SSSR count). The fourth-order valence-corrected chi connectivity index (χ4v) is 7.71. The van der Waals surface area contributed by atoms with Crippen LogP contribution >= 0.6 is 0 Å². The van der Waals surface area contributed by atoms with Crippen molar-refractivity contribution in [3.63, 3.8) is 0 Å². The van der Waals surface area contributed by atoms with Crippen molar-refractivity contribution in [2.24, 2.45) is 0 Å². The Kier molecular flexibility index (Phi) is 7.90. The van der Waals surface area contributed by atoms with Gasteiger partial charge in [-0.05, 0) is 90.5 Å². The highest BCUT2D eigenvalue weighted by Crippen LogP contribution is 2.43. The molecule has 58 heavy (non-hydrogen) atoms. The van der Waals surface area contributed by atoms with Crippen molar-refractivity contribution in [1.29, 1.82) is 0 Å². The minimum absolute atomic E-state index is 0.0972. The lowest BCUT2D eigenvalue weighted by Crippen LogP contribution is -2.11. The van der Waals surface area contributed by atoms with E-state index in [0.717, 1.165) is 50.3 Å². The average Bonchev–Trinajstić information content (AvgIpc) is 3.75. The molecule has 0 atom stereocenters. The van der Waals surface area contributed by atoms with E-state index in [-0.39, 0.29) is 28.7 Å². The molecule has 5 aromatic carbocycles. The van der Waals surface area contributed by atoms with E-state index in [0.29, 0.717) is 28.2 Å². The maximum Gasteiger partial charge on any atom is 0.416 e. The van der Waals surface area contributed by atoms with Gasteiger partial charge in [-0.1, -0.05) is 36.4 Å². The van der Waals surface area contributed by atoms with E-state index < -0.39 is 23.5 Å². The van der Waals surface area contributed by atoms with Gasteiger partial charge in [0.05, 0.1) is 45.1 Å². The molecule has 7 nitrogen and oxygen atoms in total. The van der Waals surface area contributed by atoms with Crippen molar-refractivity contribution in [3.8, 4) is 45.4 Å². The quantitative estimate of drug-likeness (QED) is 0.163. The summed E-state index contributed by atoms with van der Waals surface area (Å²) in [7, 11) is 0. The molecule has 0 saturated heterocycles. The average molecular weight is 778 g/mol. The normalized spacial score (nSPS) is 12.3. The van der Waals surface area contributed by atoms with Crippen molar-refractivity contribution in [2.45, 2.75) is 12.4 Å². The molecule has 0 bridgehead atoms. The summed E-state index contributed by atoms with van der Waals surface area (Å²) < 4.78 is 90.2. The molecule has 0 radical (unpaired) electrons. The molecule has 0 N–H and O–H groups in total. The van der Waals surface area contributed by atoms with Gasteiger partial charge in [-0.25, -0.2) is 24.9 Å². The number of rotatable bonds is 5. The van der Waals surface area contributed by atoms with Crippen LogP contribution in [-0.2, 0) is 12.4 Å². The molecule has 0 saturated carbocycles.